The van der Waals surface area contributed by atoms with E-state index >= 15 is 0 Å². The summed E-state index contributed by atoms with van der Waals surface area (Å²) in [7, 11) is 0. The molecule has 0 aromatic heterocycles. The molecule has 0 aliphatic carbocycles. The van der Waals surface area contributed by atoms with E-state index in [0.717, 1.165) is 32.0 Å². The van der Waals surface area contributed by atoms with Crippen molar-refractivity contribution in [3.05, 3.63) is 11.6 Å². The summed E-state index contributed by atoms with van der Waals surface area (Å²) < 4.78 is 5.06. The van der Waals surface area contributed by atoms with Gasteiger partial charge >= 0.3 is 0 Å². The van der Waals surface area contributed by atoms with Gasteiger partial charge in [0.25, 0.3) is 0 Å². The van der Waals surface area contributed by atoms with E-state index in [9.17, 15) is 4.79 Å². The number of hydrogen-bond acceptors (Lipinski definition) is 2. The van der Waals surface area contributed by atoms with Gasteiger partial charge in [-0.2, -0.15) is 0 Å². The van der Waals surface area contributed by atoms with Crippen molar-refractivity contribution in [2.75, 3.05) is 13.2 Å². The largest absolute Gasteiger partial charge is 0.381 e. The molecule has 0 aromatic carbocycles. The molecule has 1 fully saturated rings. The average molecular weight is 168 g/mol. The second-order valence-electron chi connectivity index (χ2n) is 3.54. The van der Waals surface area contributed by atoms with Gasteiger partial charge in [-0.15, -0.1) is 0 Å². The first-order valence-electron chi connectivity index (χ1n) is 4.44. The molecule has 0 atom stereocenters. The van der Waals surface area contributed by atoms with Crippen LogP contribution in [0.4, 0.5) is 0 Å². The Morgan fingerprint density at radius 3 is 2.58 bits per heavy atom. The molecular weight excluding hydrogens is 152 g/mol. The summed E-state index contributed by atoms with van der Waals surface area (Å²) in [5, 5.41) is 0. The number of ketones is 1. The van der Waals surface area contributed by atoms with E-state index in [1.807, 2.05) is 6.92 Å². The molecule has 12 heavy (non-hydrogen) atoms. The molecule has 2 nitrogen and oxygen atoms in total. The van der Waals surface area contributed by atoms with Gasteiger partial charge in [-0.1, -0.05) is 5.57 Å². The van der Waals surface area contributed by atoms with Crippen LogP contribution in [0.25, 0.3) is 0 Å². The normalized spacial score (nSPS) is 19.0. The molecule has 1 heterocycles. The molecule has 0 spiro atoms. The third-order valence-corrected chi connectivity index (χ3v) is 2.10. The zero-order valence-electron chi connectivity index (χ0n) is 7.80. The third-order valence-electron chi connectivity index (χ3n) is 2.10. The van der Waals surface area contributed by atoms with Crippen molar-refractivity contribution in [2.45, 2.75) is 26.7 Å². The lowest BCUT2D eigenvalue weighted by Crippen LogP contribution is -2.27. The SMILES string of the molecule is CC(=O)C=C(C)CCC1COC1. The lowest BCUT2D eigenvalue weighted by atomic mass is 9.98. The Balaban J connectivity index is 2.16. The first-order chi connectivity index (χ1) is 5.68. The lowest BCUT2D eigenvalue weighted by molar-refractivity contribution is -0.112. The number of ether oxygens (including phenoxy) is 1. The first kappa shape index (κ1) is 9.46. The molecule has 0 bridgehead atoms. The van der Waals surface area contributed by atoms with Gasteiger partial charge < -0.3 is 4.74 Å². The fraction of sp³-hybridized carbons (Fsp3) is 0.700. The summed E-state index contributed by atoms with van der Waals surface area (Å²) in [6, 6.07) is 0. The fourth-order valence-corrected chi connectivity index (χ4v) is 1.30. The van der Waals surface area contributed by atoms with Crippen LogP contribution in [0, 0.1) is 5.92 Å². The summed E-state index contributed by atoms with van der Waals surface area (Å²) in [4.78, 5) is 10.7. The van der Waals surface area contributed by atoms with Crippen LogP contribution < -0.4 is 0 Å². The van der Waals surface area contributed by atoms with E-state index in [2.05, 4.69) is 0 Å². The maximum Gasteiger partial charge on any atom is 0.152 e. The smallest absolute Gasteiger partial charge is 0.152 e. The van der Waals surface area contributed by atoms with Gasteiger partial charge in [-0.05, 0) is 32.8 Å². The molecule has 0 saturated carbocycles. The highest BCUT2D eigenvalue weighted by Gasteiger charge is 2.17. The first-order valence-corrected chi connectivity index (χ1v) is 4.44. The zero-order chi connectivity index (χ0) is 8.97. The van der Waals surface area contributed by atoms with Crippen LogP contribution in [-0.2, 0) is 9.53 Å². The average Bonchev–Trinajstić information content (AvgIpc) is 1.81. The van der Waals surface area contributed by atoms with Gasteiger partial charge in [0, 0.05) is 5.92 Å². The molecule has 68 valence electrons. The molecular formula is C10H16O2. The van der Waals surface area contributed by atoms with Gasteiger partial charge in [0.2, 0.25) is 0 Å². The Bertz CT molecular complexity index is 190. The number of carbonyl (C=O) groups is 1. The van der Waals surface area contributed by atoms with E-state index < -0.39 is 0 Å². The Morgan fingerprint density at radius 2 is 2.17 bits per heavy atom. The predicted octanol–water partition coefficient (Wildman–Crippen LogP) is 1.95. The molecule has 0 amide bonds. The van der Waals surface area contributed by atoms with Crippen LogP contribution in [0.3, 0.4) is 0 Å². The maximum atomic E-state index is 10.7. The molecule has 0 radical (unpaired) electrons. The quantitative estimate of drug-likeness (QED) is 0.600. The fourth-order valence-electron chi connectivity index (χ4n) is 1.30. The number of carbonyl (C=O) groups excluding carboxylic acids is 1. The minimum absolute atomic E-state index is 0.150. The lowest BCUT2D eigenvalue weighted by Gasteiger charge is -2.25. The minimum atomic E-state index is 0.150. The molecule has 1 rings (SSSR count). The Labute approximate surface area is 73.6 Å². The molecule has 1 aliphatic heterocycles. The van der Waals surface area contributed by atoms with Crippen LogP contribution in [0.5, 0.6) is 0 Å². The van der Waals surface area contributed by atoms with E-state index in [-0.39, 0.29) is 5.78 Å². The highest BCUT2D eigenvalue weighted by Crippen LogP contribution is 2.18. The third kappa shape index (κ3) is 3.18. The minimum Gasteiger partial charge on any atom is -0.381 e. The van der Waals surface area contributed by atoms with Crippen molar-refractivity contribution >= 4 is 5.78 Å². The maximum absolute atomic E-state index is 10.7. The van der Waals surface area contributed by atoms with Crippen LogP contribution in [0.1, 0.15) is 26.7 Å². The highest BCUT2D eigenvalue weighted by molar-refractivity contribution is 5.87. The molecule has 1 aliphatic rings. The summed E-state index contributed by atoms with van der Waals surface area (Å²) in [6.45, 7) is 5.43. The van der Waals surface area contributed by atoms with Crippen LogP contribution in [0.15, 0.2) is 11.6 Å². The van der Waals surface area contributed by atoms with Crippen LogP contribution >= 0.6 is 0 Å². The van der Waals surface area contributed by atoms with Gasteiger partial charge in [-0.25, -0.2) is 0 Å². The summed E-state index contributed by atoms with van der Waals surface area (Å²) in [6.07, 6.45) is 3.92. The van der Waals surface area contributed by atoms with Gasteiger partial charge in [-0.3, -0.25) is 4.79 Å². The van der Waals surface area contributed by atoms with E-state index in [0.29, 0.717) is 0 Å². The van der Waals surface area contributed by atoms with Crippen molar-refractivity contribution in [1.29, 1.82) is 0 Å². The Kier molecular flexibility index (Phi) is 3.48. The van der Waals surface area contributed by atoms with Crippen molar-refractivity contribution in [3.8, 4) is 0 Å². The second kappa shape index (κ2) is 4.41. The van der Waals surface area contributed by atoms with Gasteiger partial charge in [0.15, 0.2) is 5.78 Å². The second-order valence-corrected chi connectivity index (χ2v) is 3.54. The summed E-state index contributed by atoms with van der Waals surface area (Å²) in [5.41, 5.74) is 1.19. The standard InChI is InChI=1S/C10H16O2/c1-8(5-9(2)11)3-4-10-6-12-7-10/h5,10H,3-4,6-7H2,1-2H3. The van der Waals surface area contributed by atoms with Crippen LogP contribution in [-0.4, -0.2) is 19.0 Å². The number of hydrogen-bond donors (Lipinski definition) is 0. The number of allylic oxidation sites excluding steroid dienone is 2. The molecule has 0 unspecified atom stereocenters. The van der Waals surface area contributed by atoms with Gasteiger partial charge in [0.1, 0.15) is 0 Å². The van der Waals surface area contributed by atoms with Crippen LogP contribution in [0.2, 0.25) is 0 Å². The van der Waals surface area contributed by atoms with E-state index in [1.54, 1.807) is 13.0 Å². The van der Waals surface area contributed by atoms with Crippen molar-refractivity contribution < 1.29 is 9.53 Å². The Hall–Kier alpha value is -0.630. The summed E-state index contributed by atoms with van der Waals surface area (Å²) in [5.74, 6) is 0.887. The van der Waals surface area contributed by atoms with Crippen molar-refractivity contribution in [1.82, 2.24) is 0 Å². The zero-order valence-corrected chi connectivity index (χ0v) is 7.80. The van der Waals surface area contributed by atoms with Crippen molar-refractivity contribution in [2.24, 2.45) is 5.92 Å². The molecule has 0 aromatic rings. The topological polar surface area (TPSA) is 26.3 Å². The van der Waals surface area contributed by atoms with E-state index in [1.165, 1.54) is 5.57 Å². The van der Waals surface area contributed by atoms with Crippen molar-refractivity contribution in [3.63, 3.8) is 0 Å². The molecule has 1 saturated heterocycles. The molecule has 2 heteroatoms. The Morgan fingerprint density at radius 1 is 1.50 bits per heavy atom. The predicted molar refractivity (Wildman–Crippen MR) is 48.0 cm³/mol. The highest BCUT2D eigenvalue weighted by atomic mass is 16.5. The van der Waals surface area contributed by atoms with E-state index in [4.69, 9.17) is 4.74 Å². The number of rotatable bonds is 4. The van der Waals surface area contributed by atoms with Gasteiger partial charge in [0.05, 0.1) is 13.2 Å². The molecule has 0 N–H and O–H groups in total. The monoisotopic (exact) mass is 168 g/mol. The summed E-state index contributed by atoms with van der Waals surface area (Å²) >= 11 is 0.